The van der Waals surface area contributed by atoms with Gasteiger partial charge >= 0.3 is 0 Å². The molecule has 1 aromatic heterocycles. The second kappa shape index (κ2) is 9.49. The van der Waals surface area contributed by atoms with Crippen molar-refractivity contribution in [1.82, 2.24) is 20.2 Å². The predicted molar refractivity (Wildman–Crippen MR) is 111 cm³/mol. The number of methoxy groups -OCH3 is 1. The first-order chi connectivity index (χ1) is 14.7. The molecule has 0 fully saturated rings. The monoisotopic (exact) mass is 427 g/mol. The third-order valence-electron chi connectivity index (χ3n) is 4.35. The number of ether oxygens (including phenoxy) is 3. The first-order valence-corrected chi connectivity index (χ1v) is 10.4. The zero-order valence-electron chi connectivity index (χ0n) is 16.4. The molecule has 1 aliphatic rings. The fourth-order valence-corrected chi connectivity index (χ4v) is 3.55. The van der Waals surface area contributed by atoms with Crippen LogP contribution in [0.15, 0.2) is 47.6 Å². The molecule has 0 unspecified atom stereocenters. The van der Waals surface area contributed by atoms with Gasteiger partial charge < -0.3 is 19.5 Å². The largest absolute Gasteiger partial charge is 0.497 e. The van der Waals surface area contributed by atoms with Crippen LogP contribution in [0, 0.1) is 0 Å². The highest BCUT2D eigenvalue weighted by Crippen LogP contribution is 2.32. The lowest BCUT2D eigenvalue weighted by molar-refractivity contribution is -0.113. The lowest BCUT2D eigenvalue weighted by atomic mass is 10.2. The Kier molecular flexibility index (Phi) is 6.33. The van der Waals surface area contributed by atoms with E-state index in [0.29, 0.717) is 42.1 Å². The minimum atomic E-state index is -0.159. The summed E-state index contributed by atoms with van der Waals surface area (Å²) in [6.07, 6.45) is 0.832. The number of hydrogen-bond acceptors (Lipinski definition) is 8. The van der Waals surface area contributed by atoms with Crippen molar-refractivity contribution in [1.29, 1.82) is 0 Å². The second-order valence-corrected chi connectivity index (χ2v) is 7.46. The number of nitrogens with one attached hydrogen (secondary N) is 1. The van der Waals surface area contributed by atoms with Gasteiger partial charge in [0.25, 0.3) is 0 Å². The number of thioether (sulfide) groups is 1. The maximum Gasteiger partial charge on any atom is 0.234 e. The standard InChI is InChI=1S/C20H21N5O4S/c1-27-16-6-3-14(4-7-16)12-25-20(22-23-24-25)30-13-19(26)21-15-5-8-17-18(11-15)29-10-2-9-28-17/h3-8,11H,2,9-10,12-13H2,1H3,(H,21,26). The fourth-order valence-electron chi connectivity index (χ4n) is 2.87. The quantitative estimate of drug-likeness (QED) is 0.575. The summed E-state index contributed by atoms with van der Waals surface area (Å²) >= 11 is 1.27. The summed E-state index contributed by atoms with van der Waals surface area (Å²) in [4.78, 5) is 12.4. The molecule has 0 saturated heterocycles. The predicted octanol–water partition coefficient (Wildman–Crippen LogP) is 2.62. The van der Waals surface area contributed by atoms with Gasteiger partial charge in [-0.05, 0) is 40.3 Å². The molecule has 4 rings (SSSR count). The summed E-state index contributed by atoms with van der Waals surface area (Å²) in [6.45, 7) is 1.72. The van der Waals surface area contributed by atoms with E-state index in [1.165, 1.54) is 11.8 Å². The molecule has 9 nitrogen and oxygen atoms in total. The Morgan fingerprint density at radius 2 is 1.97 bits per heavy atom. The van der Waals surface area contributed by atoms with E-state index in [0.717, 1.165) is 17.7 Å². The number of nitrogens with zero attached hydrogens (tertiary/aromatic N) is 4. The second-order valence-electron chi connectivity index (χ2n) is 6.52. The molecule has 3 aromatic rings. The lowest BCUT2D eigenvalue weighted by Gasteiger charge is -2.10. The number of carbonyl (C=O) groups is 1. The zero-order valence-corrected chi connectivity index (χ0v) is 17.2. The van der Waals surface area contributed by atoms with Crippen LogP contribution in [0.1, 0.15) is 12.0 Å². The van der Waals surface area contributed by atoms with Gasteiger partial charge in [0, 0.05) is 18.2 Å². The van der Waals surface area contributed by atoms with Crippen LogP contribution < -0.4 is 19.5 Å². The molecule has 1 amide bonds. The molecule has 2 heterocycles. The summed E-state index contributed by atoms with van der Waals surface area (Å²) in [7, 11) is 1.63. The molecular formula is C20H21N5O4S. The van der Waals surface area contributed by atoms with Crippen LogP contribution in [0.25, 0.3) is 0 Å². The van der Waals surface area contributed by atoms with E-state index >= 15 is 0 Å². The Bertz CT molecular complexity index is 1010. The van der Waals surface area contributed by atoms with Crippen LogP contribution in [-0.2, 0) is 11.3 Å². The van der Waals surface area contributed by atoms with E-state index in [9.17, 15) is 4.79 Å². The number of benzene rings is 2. The molecule has 0 aliphatic carbocycles. The Morgan fingerprint density at radius 1 is 1.17 bits per heavy atom. The molecule has 0 bridgehead atoms. The molecular weight excluding hydrogens is 406 g/mol. The van der Waals surface area contributed by atoms with Gasteiger partial charge in [-0.15, -0.1) is 5.10 Å². The summed E-state index contributed by atoms with van der Waals surface area (Å²) < 4.78 is 18.1. The van der Waals surface area contributed by atoms with Crippen molar-refractivity contribution in [2.24, 2.45) is 0 Å². The normalized spacial score (nSPS) is 12.8. The van der Waals surface area contributed by atoms with Gasteiger partial charge in [-0.25, -0.2) is 4.68 Å². The molecule has 1 aliphatic heterocycles. The highest BCUT2D eigenvalue weighted by Gasteiger charge is 2.14. The maximum atomic E-state index is 12.4. The smallest absolute Gasteiger partial charge is 0.234 e. The molecule has 0 saturated carbocycles. The highest BCUT2D eigenvalue weighted by atomic mass is 32.2. The van der Waals surface area contributed by atoms with Gasteiger partial charge in [0.1, 0.15) is 5.75 Å². The van der Waals surface area contributed by atoms with Crippen LogP contribution in [0.3, 0.4) is 0 Å². The average Bonchev–Trinajstić information content (AvgIpc) is 3.07. The number of rotatable bonds is 7. The average molecular weight is 427 g/mol. The SMILES string of the molecule is COc1ccc(Cn2nnnc2SCC(=O)Nc2ccc3c(c2)OCCCO3)cc1. The lowest BCUT2D eigenvalue weighted by Crippen LogP contribution is -2.15. The summed E-state index contributed by atoms with van der Waals surface area (Å²) in [5, 5.41) is 15.2. The third kappa shape index (κ3) is 5.01. The van der Waals surface area contributed by atoms with Crippen LogP contribution >= 0.6 is 11.8 Å². The van der Waals surface area contributed by atoms with Gasteiger partial charge in [-0.2, -0.15) is 0 Å². The van der Waals surface area contributed by atoms with Crippen molar-refractivity contribution in [3.05, 3.63) is 48.0 Å². The van der Waals surface area contributed by atoms with E-state index in [-0.39, 0.29) is 11.7 Å². The molecule has 0 radical (unpaired) electrons. The van der Waals surface area contributed by atoms with Crippen molar-refractivity contribution in [3.63, 3.8) is 0 Å². The first kappa shape index (κ1) is 20.0. The molecule has 10 heteroatoms. The fraction of sp³-hybridized carbons (Fsp3) is 0.300. The number of hydrogen-bond donors (Lipinski definition) is 1. The zero-order chi connectivity index (χ0) is 20.8. The Hall–Kier alpha value is -3.27. The van der Waals surface area contributed by atoms with Crippen molar-refractivity contribution in [2.45, 2.75) is 18.1 Å². The van der Waals surface area contributed by atoms with Crippen molar-refractivity contribution >= 4 is 23.4 Å². The molecule has 0 atom stereocenters. The van der Waals surface area contributed by atoms with Gasteiger partial charge in [-0.1, -0.05) is 23.9 Å². The molecule has 1 N–H and O–H groups in total. The van der Waals surface area contributed by atoms with Crippen molar-refractivity contribution < 1.29 is 19.0 Å². The third-order valence-corrected chi connectivity index (χ3v) is 5.31. The maximum absolute atomic E-state index is 12.4. The summed E-state index contributed by atoms with van der Waals surface area (Å²) in [5.74, 6) is 2.14. The van der Waals surface area contributed by atoms with E-state index in [1.807, 2.05) is 24.3 Å². The van der Waals surface area contributed by atoms with E-state index in [4.69, 9.17) is 14.2 Å². The Balaban J connectivity index is 1.33. The van der Waals surface area contributed by atoms with Crippen molar-refractivity contribution in [3.8, 4) is 17.2 Å². The Labute approximate surface area is 177 Å². The Morgan fingerprint density at radius 3 is 2.77 bits per heavy atom. The van der Waals surface area contributed by atoms with Gasteiger partial charge in [0.05, 0.1) is 32.6 Å². The van der Waals surface area contributed by atoms with E-state index in [1.54, 1.807) is 30.0 Å². The number of amides is 1. The van der Waals surface area contributed by atoms with Crippen molar-refractivity contribution in [2.75, 3.05) is 31.4 Å². The minimum Gasteiger partial charge on any atom is -0.497 e. The number of anilines is 1. The highest BCUT2D eigenvalue weighted by molar-refractivity contribution is 7.99. The minimum absolute atomic E-state index is 0.159. The number of carbonyl (C=O) groups excluding carboxylic acids is 1. The van der Waals surface area contributed by atoms with Gasteiger partial charge in [-0.3, -0.25) is 4.79 Å². The first-order valence-electron chi connectivity index (χ1n) is 9.42. The number of fused-ring (bicyclic) bond motifs is 1. The van der Waals surface area contributed by atoms with Crippen LogP contribution in [-0.4, -0.2) is 52.2 Å². The van der Waals surface area contributed by atoms with E-state index in [2.05, 4.69) is 20.8 Å². The molecule has 30 heavy (non-hydrogen) atoms. The molecule has 2 aromatic carbocycles. The van der Waals surface area contributed by atoms with Gasteiger partial charge in [0.15, 0.2) is 11.5 Å². The topological polar surface area (TPSA) is 100 Å². The van der Waals surface area contributed by atoms with Crippen LogP contribution in [0.5, 0.6) is 17.2 Å². The summed E-state index contributed by atoms with van der Waals surface area (Å²) in [5.41, 5.74) is 1.68. The van der Waals surface area contributed by atoms with Crippen LogP contribution in [0.2, 0.25) is 0 Å². The number of aromatic nitrogens is 4. The molecule has 156 valence electrons. The number of tetrazole rings is 1. The van der Waals surface area contributed by atoms with E-state index < -0.39 is 0 Å². The summed E-state index contributed by atoms with van der Waals surface area (Å²) in [6, 6.07) is 13.0. The molecule has 0 spiro atoms. The van der Waals surface area contributed by atoms with Gasteiger partial charge in [0.2, 0.25) is 11.1 Å². The van der Waals surface area contributed by atoms with Crippen LogP contribution in [0.4, 0.5) is 5.69 Å².